The lowest BCUT2D eigenvalue weighted by molar-refractivity contribution is -0.137. The van der Waals surface area contributed by atoms with Crippen LogP contribution in [0.5, 0.6) is 0 Å². The second-order valence-corrected chi connectivity index (χ2v) is 16.6. The van der Waals surface area contributed by atoms with Crippen LogP contribution in [-0.2, 0) is 123 Å². The van der Waals surface area contributed by atoms with Gasteiger partial charge in [0.05, 0.1) is 324 Å². The van der Waals surface area contributed by atoms with Crippen LogP contribution in [0.15, 0.2) is 12.2 Å². The molecule has 0 aliphatic carbocycles. The molecule has 0 saturated carbocycles. The summed E-state index contributed by atoms with van der Waals surface area (Å²) in [5, 5.41) is 0. The Balaban J connectivity index is 0.0000672. The summed E-state index contributed by atoms with van der Waals surface area (Å²) >= 11 is 0. The van der Waals surface area contributed by atoms with E-state index in [-0.39, 0.29) is 37.4 Å². The van der Waals surface area contributed by atoms with Crippen LogP contribution in [0.2, 0.25) is 0 Å². The lowest BCUT2D eigenvalue weighted by atomic mass is 10.5. The third kappa shape index (κ3) is 66.0. The van der Waals surface area contributed by atoms with E-state index in [2.05, 4.69) is 0 Å². The summed E-state index contributed by atoms with van der Waals surface area (Å²) in [5.74, 6) is -0.625. The van der Waals surface area contributed by atoms with Gasteiger partial charge in [-0.25, -0.2) is 0 Å². The van der Waals surface area contributed by atoms with Crippen molar-refractivity contribution in [1.82, 2.24) is 4.90 Å². The lowest BCUT2D eigenvalue weighted by Crippen LogP contribution is -2.33. The highest BCUT2D eigenvalue weighted by Crippen LogP contribution is 2.02. The highest BCUT2D eigenvalue weighted by molar-refractivity contribution is 6.12. The maximum Gasteiger partial charge on any atom is 0.253 e. The molecule has 0 radical (unpaired) electrons. The molecule has 28 nitrogen and oxygen atoms in total. The molecule has 1 aliphatic heterocycles. The minimum atomic E-state index is -0.312. The molecular formula is C54H105ClN2O26. The Bertz CT molecular complexity index is 1300. The number of imide groups is 1. The highest BCUT2D eigenvalue weighted by Gasteiger charge is 2.22. The first-order valence-electron chi connectivity index (χ1n) is 28.8. The first-order valence-corrected chi connectivity index (χ1v) is 28.8. The topological polar surface area (TPSA) is 285 Å². The van der Waals surface area contributed by atoms with Gasteiger partial charge in [0.2, 0.25) is 0 Å². The van der Waals surface area contributed by atoms with Crippen LogP contribution in [0.3, 0.4) is 0 Å². The van der Waals surface area contributed by atoms with E-state index in [0.717, 1.165) is 4.90 Å². The first-order chi connectivity index (χ1) is 40.8. The maximum absolute atomic E-state index is 11.4. The number of amides is 2. The standard InChI is InChI=1S/C54H104N2O26.ClH/c55-3-5-59-7-9-61-11-13-63-15-17-65-19-21-67-23-25-69-27-29-71-31-33-73-35-37-75-39-41-77-43-45-79-47-49-81-51-52-82-50-48-80-46-44-78-42-40-76-38-36-74-34-32-72-30-28-70-26-24-68-22-20-66-18-16-64-14-12-62-10-8-60-6-4-56-53(57)1-2-54(56)58;/h1-2H,3-52,55H2;1H. The van der Waals surface area contributed by atoms with E-state index < -0.39 is 0 Å². The van der Waals surface area contributed by atoms with E-state index in [9.17, 15) is 9.59 Å². The monoisotopic (exact) mass is 1230 g/mol. The zero-order valence-corrected chi connectivity index (χ0v) is 50.4. The number of hydrogen-bond donors (Lipinski definition) is 1. The van der Waals surface area contributed by atoms with E-state index >= 15 is 0 Å². The van der Waals surface area contributed by atoms with Gasteiger partial charge in [-0.05, 0) is 0 Å². The van der Waals surface area contributed by atoms with Crippen molar-refractivity contribution in [2.45, 2.75) is 0 Å². The zero-order valence-electron chi connectivity index (χ0n) is 49.6. The smallest absolute Gasteiger partial charge is 0.253 e. The summed E-state index contributed by atoms with van der Waals surface area (Å²) in [4.78, 5) is 24.0. The summed E-state index contributed by atoms with van der Waals surface area (Å²) in [5.41, 5.74) is 5.35. The lowest BCUT2D eigenvalue weighted by Gasteiger charge is -2.13. The third-order valence-corrected chi connectivity index (χ3v) is 10.2. The van der Waals surface area contributed by atoms with Gasteiger partial charge in [-0.3, -0.25) is 14.5 Å². The molecule has 0 saturated heterocycles. The van der Waals surface area contributed by atoms with Crippen molar-refractivity contribution >= 4 is 24.2 Å². The fraction of sp³-hybridized carbons (Fsp3) is 0.926. The van der Waals surface area contributed by atoms with Crippen LogP contribution < -0.4 is 5.73 Å². The molecule has 2 amide bonds. The molecule has 0 atom stereocenters. The number of nitrogens with two attached hydrogens (primary N) is 1. The average Bonchev–Trinajstić information content (AvgIpc) is 3.96. The number of nitrogens with zero attached hydrogens (tertiary/aromatic N) is 1. The molecule has 0 spiro atoms. The molecule has 83 heavy (non-hydrogen) atoms. The van der Waals surface area contributed by atoms with Crippen molar-refractivity contribution in [2.24, 2.45) is 5.73 Å². The van der Waals surface area contributed by atoms with Gasteiger partial charge in [0.25, 0.3) is 11.8 Å². The number of ether oxygens (including phenoxy) is 24. The van der Waals surface area contributed by atoms with Gasteiger partial charge in [0.15, 0.2) is 0 Å². The molecule has 1 rings (SSSR count). The number of carbonyl (C=O) groups is 2. The second-order valence-electron chi connectivity index (χ2n) is 16.6. The van der Waals surface area contributed by atoms with E-state index in [4.69, 9.17) is 119 Å². The van der Waals surface area contributed by atoms with Gasteiger partial charge in [-0.2, -0.15) is 0 Å². The van der Waals surface area contributed by atoms with Crippen LogP contribution in [0.25, 0.3) is 0 Å². The van der Waals surface area contributed by atoms with Crippen molar-refractivity contribution < 1.29 is 123 Å². The molecule has 29 heteroatoms. The van der Waals surface area contributed by atoms with E-state index in [1.54, 1.807) is 0 Å². The van der Waals surface area contributed by atoms with Crippen molar-refractivity contribution in [3.05, 3.63) is 12.2 Å². The van der Waals surface area contributed by atoms with Crippen molar-refractivity contribution in [1.29, 1.82) is 0 Å². The quantitative estimate of drug-likeness (QED) is 0.0604. The summed E-state index contributed by atoms with van der Waals surface area (Å²) in [6, 6.07) is 0. The van der Waals surface area contributed by atoms with E-state index in [1.165, 1.54) is 12.2 Å². The molecule has 2 N–H and O–H groups in total. The zero-order chi connectivity index (χ0) is 58.5. The minimum Gasteiger partial charge on any atom is -0.378 e. The van der Waals surface area contributed by atoms with Crippen LogP contribution in [0.4, 0.5) is 0 Å². The second kappa shape index (κ2) is 72.6. The number of rotatable bonds is 74. The molecule has 1 aliphatic rings. The average molecular weight is 1230 g/mol. The molecule has 0 unspecified atom stereocenters. The first kappa shape index (κ1) is 81.2. The van der Waals surface area contributed by atoms with Crippen molar-refractivity contribution in [2.75, 3.05) is 330 Å². The number of halogens is 1. The predicted molar refractivity (Wildman–Crippen MR) is 302 cm³/mol. The van der Waals surface area contributed by atoms with Crippen LogP contribution in [0.1, 0.15) is 0 Å². The SMILES string of the molecule is Cl.NCCOCCOCCOCCOCCOCCOCCOCCOCCOCCOCCOCCOCCOCCOCCOCCOCCOCCOCCOCCOCCOCCOCCOCCOCCN1C(=O)C=CC1=O. The van der Waals surface area contributed by atoms with Crippen LogP contribution in [0, 0.1) is 0 Å². The Morgan fingerprint density at radius 3 is 0.434 bits per heavy atom. The Hall–Kier alpha value is -1.83. The molecular weight excluding hydrogens is 1130 g/mol. The maximum atomic E-state index is 11.4. The Morgan fingerprint density at radius 1 is 0.205 bits per heavy atom. The molecule has 1 heterocycles. The van der Waals surface area contributed by atoms with Crippen molar-refractivity contribution in [3.8, 4) is 0 Å². The minimum absolute atomic E-state index is 0. The Labute approximate surface area is 499 Å². The van der Waals surface area contributed by atoms with Crippen molar-refractivity contribution in [3.63, 3.8) is 0 Å². The normalized spacial score (nSPS) is 12.5. The summed E-state index contributed by atoms with van der Waals surface area (Å²) < 4.78 is 131. The number of hydrogen-bond acceptors (Lipinski definition) is 27. The van der Waals surface area contributed by atoms with Gasteiger partial charge in [-0.15, -0.1) is 12.4 Å². The molecule has 0 aromatic rings. The van der Waals surface area contributed by atoms with E-state index in [0.29, 0.717) is 317 Å². The third-order valence-electron chi connectivity index (χ3n) is 10.2. The van der Waals surface area contributed by atoms with Gasteiger partial charge in [-0.1, -0.05) is 0 Å². The highest BCUT2D eigenvalue weighted by atomic mass is 35.5. The van der Waals surface area contributed by atoms with Gasteiger partial charge in [0.1, 0.15) is 0 Å². The Kier molecular flexibility index (Phi) is 71.0. The van der Waals surface area contributed by atoms with Gasteiger partial charge >= 0.3 is 0 Å². The molecule has 0 aromatic heterocycles. The largest absolute Gasteiger partial charge is 0.378 e. The van der Waals surface area contributed by atoms with Crippen LogP contribution in [-0.4, -0.2) is 347 Å². The van der Waals surface area contributed by atoms with E-state index in [1.807, 2.05) is 0 Å². The fourth-order valence-corrected chi connectivity index (χ4v) is 6.05. The molecule has 0 aromatic carbocycles. The predicted octanol–water partition coefficient (Wildman–Crippen LogP) is -0.310. The molecule has 0 fully saturated rings. The number of carbonyl (C=O) groups excluding carboxylic acids is 2. The fourth-order valence-electron chi connectivity index (χ4n) is 6.05. The summed E-state index contributed by atoms with van der Waals surface area (Å²) in [6.45, 7) is 23.6. The van der Waals surface area contributed by atoms with Crippen LogP contribution >= 0.6 is 12.4 Å². The summed E-state index contributed by atoms with van der Waals surface area (Å²) in [6.07, 6.45) is 2.51. The summed E-state index contributed by atoms with van der Waals surface area (Å²) in [7, 11) is 0. The Morgan fingerprint density at radius 2 is 0.313 bits per heavy atom. The van der Waals surface area contributed by atoms with Gasteiger partial charge in [0, 0.05) is 18.7 Å². The van der Waals surface area contributed by atoms with Gasteiger partial charge < -0.3 is 119 Å². The molecule has 494 valence electrons. The molecule has 0 bridgehead atoms.